The average molecular weight is 288 g/mol. The molecular formula is C17H21FN2O. The first-order chi connectivity index (χ1) is 10.2. The summed E-state index contributed by atoms with van der Waals surface area (Å²) in [7, 11) is 1.47. The van der Waals surface area contributed by atoms with E-state index in [4.69, 9.17) is 4.74 Å². The molecule has 1 unspecified atom stereocenters. The van der Waals surface area contributed by atoms with Crippen LogP contribution < -0.4 is 10.1 Å². The van der Waals surface area contributed by atoms with Crippen molar-refractivity contribution in [2.24, 2.45) is 0 Å². The van der Waals surface area contributed by atoms with Crippen LogP contribution in [0, 0.1) is 12.7 Å². The molecule has 0 aliphatic carbocycles. The Morgan fingerprint density at radius 1 is 1.33 bits per heavy atom. The summed E-state index contributed by atoms with van der Waals surface area (Å²) < 4.78 is 19.6. The lowest BCUT2D eigenvalue weighted by molar-refractivity contribution is 0.381. The Labute approximate surface area is 125 Å². The summed E-state index contributed by atoms with van der Waals surface area (Å²) in [5.74, 6) is -0.0830. The van der Waals surface area contributed by atoms with Gasteiger partial charge >= 0.3 is 0 Å². The first-order valence-electron chi connectivity index (χ1n) is 7.15. The molecule has 1 aromatic heterocycles. The molecule has 21 heavy (non-hydrogen) atoms. The van der Waals surface area contributed by atoms with Crippen molar-refractivity contribution >= 4 is 0 Å². The van der Waals surface area contributed by atoms with Crippen molar-refractivity contribution < 1.29 is 9.13 Å². The van der Waals surface area contributed by atoms with Gasteiger partial charge in [-0.2, -0.15) is 0 Å². The van der Waals surface area contributed by atoms with Gasteiger partial charge in [-0.25, -0.2) is 4.39 Å². The normalized spacial score (nSPS) is 12.2. The van der Waals surface area contributed by atoms with Gasteiger partial charge in [0.05, 0.1) is 18.8 Å². The van der Waals surface area contributed by atoms with Gasteiger partial charge in [0.25, 0.3) is 0 Å². The largest absolute Gasteiger partial charge is 0.494 e. The quantitative estimate of drug-likeness (QED) is 0.881. The highest BCUT2D eigenvalue weighted by Crippen LogP contribution is 2.28. The lowest BCUT2D eigenvalue weighted by Crippen LogP contribution is -2.25. The van der Waals surface area contributed by atoms with E-state index in [1.54, 1.807) is 24.4 Å². The summed E-state index contributed by atoms with van der Waals surface area (Å²) in [6.45, 7) is 4.87. The molecule has 0 aliphatic rings. The Bertz CT molecular complexity index is 601. The van der Waals surface area contributed by atoms with Gasteiger partial charge in [0.15, 0.2) is 11.6 Å². The van der Waals surface area contributed by atoms with Crippen LogP contribution in [-0.2, 0) is 0 Å². The zero-order chi connectivity index (χ0) is 15.2. The summed E-state index contributed by atoms with van der Waals surface area (Å²) in [6, 6.07) is 8.83. The molecule has 3 nitrogen and oxygen atoms in total. The maximum Gasteiger partial charge on any atom is 0.170 e. The topological polar surface area (TPSA) is 34.2 Å². The second-order valence-electron chi connectivity index (χ2n) is 5.01. The molecule has 1 N–H and O–H groups in total. The zero-order valence-electron chi connectivity index (χ0n) is 12.7. The zero-order valence-corrected chi connectivity index (χ0v) is 12.7. The predicted octanol–water partition coefficient (Wildman–Crippen LogP) is 3.63. The van der Waals surface area contributed by atoms with Gasteiger partial charge in [0, 0.05) is 11.8 Å². The van der Waals surface area contributed by atoms with Gasteiger partial charge in [0.1, 0.15) is 0 Å². The van der Waals surface area contributed by atoms with E-state index >= 15 is 0 Å². The number of benzene rings is 1. The number of hydrogen-bond acceptors (Lipinski definition) is 3. The summed E-state index contributed by atoms with van der Waals surface area (Å²) in [6.07, 6.45) is 2.72. The van der Waals surface area contributed by atoms with Crippen molar-refractivity contribution in [3.63, 3.8) is 0 Å². The minimum absolute atomic E-state index is 0.253. The van der Waals surface area contributed by atoms with Crippen LogP contribution in [0.5, 0.6) is 5.75 Å². The summed E-state index contributed by atoms with van der Waals surface area (Å²) in [5.41, 5.74) is 2.48. The number of nitrogens with one attached hydrogen (secondary N) is 1. The molecule has 2 aromatic rings. The fourth-order valence-corrected chi connectivity index (χ4v) is 2.29. The van der Waals surface area contributed by atoms with Gasteiger partial charge in [0.2, 0.25) is 0 Å². The standard InChI is InChI=1S/C17H21FN2O/c1-4-9-20-17(14-11-12(2)8-10-19-14)13-6-5-7-15(21-3)16(13)18/h5-8,10-11,17,20H,4,9H2,1-3H3. The molecule has 112 valence electrons. The van der Waals surface area contributed by atoms with Crippen LogP contribution >= 0.6 is 0 Å². The Morgan fingerprint density at radius 2 is 2.14 bits per heavy atom. The lowest BCUT2D eigenvalue weighted by Gasteiger charge is -2.20. The van der Waals surface area contributed by atoms with Crippen molar-refractivity contribution in [1.29, 1.82) is 0 Å². The summed E-state index contributed by atoms with van der Waals surface area (Å²) in [4.78, 5) is 4.40. The van der Waals surface area contributed by atoms with Crippen LogP contribution in [0.2, 0.25) is 0 Å². The maximum atomic E-state index is 14.5. The van der Waals surface area contributed by atoms with Crippen LogP contribution in [-0.4, -0.2) is 18.6 Å². The van der Waals surface area contributed by atoms with E-state index in [0.717, 1.165) is 24.2 Å². The fourth-order valence-electron chi connectivity index (χ4n) is 2.29. The number of halogens is 1. The molecule has 0 fully saturated rings. The number of hydrogen-bond donors (Lipinski definition) is 1. The van der Waals surface area contributed by atoms with Crippen LogP contribution in [0.3, 0.4) is 0 Å². The molecule has 0 spiro atoms. The third kappa shape index (κ3) is 3.58. The molecule has 1 heterocycles. The van der Waals surface area contributed by atoms with Crippen molar-refractivity contribution in [1.82, 2.24) is 10.3 Å². The van der Waals surface area contributed by atoms with E-state index in [9.17, 15) is 4.39 Å². The molecule has 1 atom stereocenters. The molecular weight excluding hydrogens is 267 g/mol. The van der Waals surface area contributed by atoms with Crippen LogP contribution in [0.1, 0.15) is 36.2 Å². The SMILES string of the molecule is CCCNC(c1cc(C)ccn1)c1cccc(OC)c1F. The number of pyridine rings is 1. The monoisotopic (exact) mass is 288 g/mol. The number of aryl methyl sites for hydroxylation is 1. The predicted molar refractivity (Wildman–Crippen MR) is 82.1 cm³/mol. The number of methoxy groups -OCH3 is 1. The number of nitrogens with zero attached hydrogens (tertiary/aromatic N) is 1. The maximum absolute atomic E-state index is 14.5. The van der Waals surface area contributed by atoms with Gasteiger partial charge in [-0.1, -0.05) is 19.1 Å². The van der Waals surface area contributed by atoms with Gasteiger partial charge < -0.3 is 10.1 Å². The Balaban J connectivity index is 2.45. The van der Waals surface area contributed by atoms with Crippen molar-refractivity contribution in [3.05, 3.63) is 59.2 Å². The Kier molecular flexibility index (Phi) is 5.28. The molecule has 0 amide bonds. The Hall–Kier alpha value is -1.94. The molecule has 0 aliphatic heterocycles. The number of rotatable bonds is 6. The highest BCUT2D eigenvalue weighted by atomic mass is 19.1. The van der Waals surface area contributed by atoms with Crippen LogP contribution in [0.4, 0.5) is 4.39 Å². The van der Waals surface area contributed by atoms with E-state index in [1.807, 2.05) is 19.1 Å². The number of ether oxygens (including phenoxy) is 1. The van der Waals surface area contributed by atoms with E-state index in [-0.39, 0.29) is 17.6 Å². The molecule has 0 radical (unpaired) electrons. The third-order valence-corrected chi connectivity index (χ3v) is 3.35. The van der Waals surface area contributed by atoms with Gasteiger partial charge in [-0.05, 0) is 43.7 Å². The second-order valence-corrected chi connectivity index (χ2v) is 5.01. The van der Waals surface area contributed by atoms with Gasteiger partial charge in [-0.15, -0.1) is 0 Å². The molecule has 2 rings (SSSR count). The number of aromatic nitrogens is 1. The molecule has 0 bridgehead atoms. The smallest absolute Gasteiger partial charge is 0.170 e. The molecule has 0 saturated carbocycles. The molecule has 0 saturated heterocycles. The molecule has 1 aromatic carbocycles. The van der Waals surface area contributed by atoms with E-state index in [0.29, 0.717) is 5.56 Å². The highest BCUT2D eigenvalue weighted by molar-refractivity contribution is 5.37. The lowest BCUT2D eigenvalue weighted by atomic mass is 10.0. The summed E-state index contributed by atoms with van der Waals surface area (Å²) >= 11 is 0. The van der Waals surface area contributed by atoms with E-state index in [1.165, 1.54) is 7.11 Å². The van der Waals surface area contributed by atoms with E-state index in [2.05, 4.69) is 17.2 Å². The first-order valence-corrected chi connectivity index (χ1v) is 7.15. The second kappa shape index (κ2) is 7.18. The third-order valence-electron chi connectivity index (χ3n) is 3.35. The highest BCUT2D eigenvalue weighted by Gasteiger charge is 2.20. The fraction of sp³-hybridized carbons (Fsp3) is 0.353. The van der Waals surface area contributed by atoms with Gasteiger partial charge in [-0.3, -0.25) is 4.98 Å². The van der Waals surface area contributed by atoms with Crippen LogP contribution in [0.25, 0.3) is 0 Å². The molecule has 4 heteroatoms. The van der Waals surface area contributed by atoms with E-state index < -0.39 is 0 Å². The van der Waals surface area contributed by atoms with Crippen molar-refractivity contribution in [2.45, 2.75) is 26.3 Å². The van der Waals surface area contributed by atoms with Crippen molar-refractivity contribution in [3.8, 4) is 5.75 Å². The summed E-state index contributed by atoms with van der Waals surface area (Å²) in [5, 5.41) is 3.36. The average Bonchev–Trinajstić information content (AvgIpc) is 2.49. The minimum atomic E-state index is -0.336. The minimum Gasteiger partial charge on any atom is -0.494 e. The van der Waals surface area contributed by atoms with Crippen molar-refractivity contribution in [2.75, 3.05) is 13.7 Å². The Morgan fingerprint density at radius 3 is 2.81 bits per heavy atom. The van der Waals surface area contributed by atoms with Crippen LogP contribution in [0.15, 0.2) is 36.5 Å². The first kappa shape index (κ1) is 15.4.